The zero-order valence-electron chi connectivity index (χ0n) is 7.28. The van der Waals surface area contributed by atoms with Crippen LogP contribution >= 0.6 is 15.9 Å². The fourth-order valence-corrected chi connectivity index (χ4v) is 1.99. The summed E-state index contributed by atoms with van der Waals surface area (Å²) in [6, 6.07) is 2.49. The maximum absolute atomic E-state index is 13.5. The Kier molecular flexibility index (Phi) is 2.11. The molecule has 1 saturated carbocycles. The Morgan fingerprint density at radius 3 is 2.14 bits per heavy atom. The van der Waals surface area contributed by atoms with Gasteiger partial charge in [-0.1, -0.05) is 21.9 Å². The van der Waals surface area contributed by atoms with E-state index in [9.17, 15) is 8.78 Å². The van der Waals surface area contributed by atoms with E-state index in [0.717, 1.165) is 0 Å². The lowest BCUT2D eigenvalue weighted by atomic mass is 9.96. The summed E-state index contributed by atoms with van der Waals surface area (Å²) in [5.41, 5.74) is -0.641. The molecule has 2 rings (SSSR count). The van der Waals surface area contributed by atoms with Crippen LogP contribution in [0.3, 0.4) is 0 Å². The van der Waals surface area contributed by atoms with Crippen LogP contribution in [0, 0.1) is 24.0 Å². The first-order valence-corrected chi connectivity index (χ1v) is 5.01. The lowest BCUT2D eigenvalue weighted by Gasteiger charge is -2.10. The Hall–Kier alpha value is -0.880. The van der Waals surface area contributed by atoms with Gasteiger partial charge >= 0.3 is 0 Å². The highest BCUT2D eigenvalue weighted by Crippen LogP contribution is 2.49. The average molecular weight is 257 g/mol. The molecule has 0 N–H and O–H groups in total. The van der Waals surface area contributed by atoms with Crippen molar-refractivity contribution in [2.75, 3.05) is 0 Å². The van der Waals surface area contributed by atoms with Gasteiger partial charge in [0, 0.05) is 10.0 Å². The molecule has 1 aromatic carbocycles. The van der Waals surface area contributed by atoms with E-state index in [2.05, 4.69) is 21.9 Å². The van der Waals surface area contributed by atoms with Gasteiger partial charge in [0.15, 0.2) is 0 Å². The van der Waals surface area contributed by atoms with Crippen LogP contribution in [0.4, 0.5) is 8.78 Å². The van der Waals surface area contributed by atoms with Gasteiger partial charge in [-0.3, -0.25) is 0 Å². The van der Waals surface area contributed by atoms with Gasteiger partial charge in [0.2, 0.25) is 0 Å². The van der Waals surface area contributed by atoms with Crippen molar-refractivity contribution in [3.8, 4) is 12.3 Å². The molecule has 0 spiro atoms. The lowest BCUT2D eigenvalue weighted by molar-refractivity contribution is 0.542. The molecule has 0 amide bonds. The predicted molar refractivity (Wildman–Crippen MR) is 53.8 cm³/mol. The van der Waals surface area contributed by atoms with Crippen LogP contribution in [0.15, 0.2) is 16.6 Å². The number of hydrogen-bond donors (Lipinski definition) is 0. The fourth-order valence-electron chi connectivity index (χ4n) is 1.59. The standard InChI is InChI=1S/C11H7BrF2/c1-2-11(3-4-11)10-8(13)5-7(12)6-9(10)14/h1,5-6H,3-4H2. The van der Waals surface area contributed by atoms with E-state index in [1.54, 1.807) is 0 Å². The van der Waals surface area contributed by atoms with Gasteiger partial charge in [-0.05, 0) is 25.0 Å². The first-order valence-electron chi connectivity index (χ1n) is 4.22. The second-order valence-electron chi connectivity index (χ2n) is 3.47. The monoisotopic (exact) mass is 256 g/mol. The highest BCUT2D eigenvalue weighted by molar-refractivity contribution is 9.10. The quantitative estimate of drug-likeness (QED) is 0.676. The highest BCUT2D eigenvalue weighted by atomic mass is 79.9. The van der Waals surface area contributed by atoms with Gasteiger partial charge in [-0.15, -0.1) is 6.42 Å². The normalized spacial score (nSPS) is 17.6. The summed E-state index contributed by atoms with van der Waals surface area (Å²) in [6.07, 6.45) is 6.61. The van der Waals surface area contributed by atoms with Crippen molar-refractivity contribution in [1.82, 2.24) is 0 Å². The van der Waals surface area contributed by atoms with E-state index in [4.69, 9.17) is 6.42 Å². The molecule has 1 aliphatic rings. The van der Waals surface area contributed by atoms with Crippen LogP contribution in [-0.2, 0) is 5.41 Å². The second-order valence-corrected chi connectivity index (χ2v) is 4.39. The van der Waals surface area contributed by atoms with E-state index in [0.29, 0.717) is 17.3 Å². The zero-order chi connectivity index (χ0) is 10.3. The van der Waals surface area contributed by atoms with Crippen molar-refractivity contribution >= 4 is 15.9 Å². The Bertz CT molecular complexity index is 404. The minimum Gasteiger partial charge on any atom is -0.206 e. The van der Waals surface area contributed by atoms with Crippen LogP contribution < -0.4 is 0 Å². The third-order valence-electron chi connectivity index (χ3n) is 2.51. The molecule has 0 heterocycles. The second kappa shape index (κ2) is 3.06. The van der Waals surface area contributed by atoms with Crippen molar-refractivity contribution in [3.05, 3.63) is 33.8 Å². The number of halogens is 3. The minimum absolute atomic E-state index is 0.0446. The molecule has 0 aromatic heterocycles. The smallest absolute Gasteiger partial charge is 0.131 e. The van der Waals surface area contributed by atoms with Gasteiger partial charge < -0.3 is 0 Å². The number of terminal acetylenes is 1. The topological polar surface area (TPSA) is 0 Å². The first kappa shape index (κ1) is 9.67. The lowest BCUT2D eigenvalue weighted by Crippen LogP contribution is -2.09. The van der Waals surface area contributed by atoms with Crippen LogP contribution in [0.5, 0.6) is 0 Å². The highest BCUT2D eigenvalue weighted by Gasteiger charge is 2.46. The third kappa shape index (κ3) is 1.34. The summed E-state index contributed by atoms with van der Waals surface area (Å²) in [5, 5.41) is 0. The molecule has 0 unspecified atom stereocenters. The van der Waals surface area contributed by atoms with Gasteiger partial charge in [0.1, 0.15) is 11.6 Å². The van der Waals surface area contributed by atoms with E-state index >= 15 is 0 Å². The molecule has 0 saturated heterocycles. The molecule has 0 aliphatic heterocycles. The van der Waals surface area contributed by atoms with Gasteiger partial charge in [0.05, 0.1) is 5.41 Å². The SMILES string of the molecule is C#CC1(c2c(F)cc(Br)cc2F)CC1. The summed E-state index contributed by atoms with van der Waals surface area (Å²) >= 11 is 3.02. The first-order chi connectivity index (χ1) is 6.59. The van der Waals surface area contributed by atoms with E-state index < -0.39 is 17.0 Å². The Balaban J connectivity index is 2.60. The van der Waals surface area contributed by atoms with Crippen molar-refractivity contribution in [3.63, 3.8) is 0 Å². The molecule has 1 aliphatic carbocycles. The van der Waals surface area contributed by atoms with Crippen LogP contribution in [0.1, 0.15) is 18.4 Å². The molecular formula is C11H7BrF2. The molecule has 0 atom stereocenters. The maximum Gasteiger partial charge on any atom is 0.131 e. The molecule has 1 aromatic rings. The van der Waals surface area contributed by atoms with Gasteiger partial charge in [-0.25, -0.2) is 8.78 Å². The van der Waals surface area contributed by atoms with E-state index in [-0.39, 0.29) is 5.56 Å². The van der Waals surface area contributed by atoms with Gasteiger partial charge in [-0.2, -0.15) is 0 Å². The van der Waals surface area contributed by atoms with E-state index in [1.807, 2.05) is 0 Å². The van der Waals surface area contributed by atoms with Crippen molar-refractivity contribution in [1.29, 1.82) is 0 Å². The molecule has 0 nitrogen and oxygen atoms in total. The minimum atomic E-state index is -0.686. The van der Waals surface area contributed by atoms with Crippen molar-refractivity contribution in [2.24, 2.45) is 0 Å². The Morgan fingerprint density at radius 1 is 1.29 bits per heavy atom. The summed E-state index contributed by atoms with van der Waals surface area (Å²) < 4.78 is 27.3. The summed E-state index contributed by atoms with van der Waals surface area (Å²) in [6.45, 7) is 0. The average Bonchev–Trinajstić information content (AvgIpc) is 2.83. The number of rotatable bonds is 1. The Morgan fingerprint density at radius 2 is 1.79 bits per heavy atom. The summed E-state index contributed by atoms with van der Waals surface area (Å²) in [5.74, 6) is 1.35. The summed E-state index contributed by atoms with van der Waals surface area (Å²) in [7, 11) is 0. The van der Waals surface area contributed by atoms with Crippen LogP contribution in [0.25, 0.3) is 0 Å². The number of hydrogen-bond acceptors (Lipinski definition) is 0. The van der Waals surface area contributed by atoms with Gasteiger partial charge in [0.25, 0.3) is 0 Å². The number of benzene rings is 1. The maximum atomic E-state index is 13.5. The van der Waals surface area contributed by atoms with Crippen molar-refractivity contribution in [2.45, 2.75) is 18.3 Å². The van der Waals surface area contributed by atoms with Crippen LogP contribution in [-0.4, -0.2) is 0 Å². The largest absolute Gasteiger partial charge is 0.206 e. The Labute approximate surface area is 89.4 Å². The molecule has 14 heavy (non-hydrogen) atoms. The van der Waals surface area contributed by atoms with Crippen molar-refractivity contribution < 1.29 is 8.78 Å². The predicted octanol–water partition coefficient (Wildman–Crippen LogP) is 3.39. The van der Waals surface area contributed by atoms with E-state index in [1.165, 1.54) is 12.1 Å². The zero-order valence-corrected chi connectivity index (χ0v) is 8.87. The molecule has 3 heteroatoms. The molecule has 0 radical (unpaired) electrons. The molecule has 1 fully saturated rings. The molecule has 0 bridgehead atoms. The molecule has 72 valence electrons. The molecular weight excluding hydrogens is 250 g/mol. The van der Waals surface area contributed by atoms with Crippen LogP contribution in [0.2, 0.25) is 0 Å². The third-order valence-corrected chi connectivity index (χ3v) is 2.97. The fraction of sp³-hybridized carbons (Fsp3) is 0.273. The summed E-state index contributed by atoms with van der Waals surface area (Å²) in [4.78, 5) is 0.